The number of rotatable bonds is 3. The standard InChI is InChI=1S/C10H19N3O2S2/c1-16-13(17-2)10(14)12-9(11)15-8-6-4-3-5-7-8/h8H,3-7H2,1-2H3,(H2,11,12,14). The van der Waals surface area contributed by atoms with E-state index in [9.17, 15) is 4.79 Å². The van der Waals surface area contributed by atoms with E-state index >= 15 is 0 Å². The molecule has 2 N–H and O–H groups in total. The Labute approximate surface area is 111 Å². The molecule has 0 aromatic rings. The third-order valence-electron chi connectivity index (χ3n) is 2.53. The minimum Gasteiger partial charge on any atom is -0.462 e. The van der Waals surface area contributed by atoms with Gasteiger partial charge in [0.05, 0.1) is 0 Å². The number of aliphatic imine (C=N–C) groups is 1. The summed E-state index contributed by atoms with van der Waals surface area (Å²) >= 11 is 2.59. The first kappa shape index (κ1) is 14.5. The Morgan fingerprint density at radius 3 is 2.41 bits per heavy atom. The highest BCUT2D eigenvalue weighted by Gasteiger charge is 2.17. The fourth-order valence-electron chi connectivity index (χ4n) is 1.75. The number of hydrogen-bond donors (Lipinski definition) is 1. The second-order valence-corrected chi connectivity index (χ2v) is 5.42. The maximum Gasteiger partial charge on any atom is 0.368 e. The topological polar surface area (TPSA) is 67.9 Å². The summed E-state index contributed by atoms with van der Waals surface area (Å²) in [6.07, 6.45) is 9.31. The van der Waals surface area contributed by atoms with Crippen molar-refractivity contribution < 1.29 is 9.53 Å². The van der Waals surface area contributed by atoms with Gasteiger partial charge in [0.25, 0.3) is 6.02 Å². The molecule has 0 radical (unpaired) electrons. The minimum atomic E-state index is -0.390. The van der Waals surface area contributed by atoms with Crippen LogP contribution >= 0.6 is 23.9 Å². The number of hydrogen-bond acceptors (Lipinski definition) is 4. The number of carbonyl (C=O) groups is 1. The van der Waals surface area contributed by atoms with Crippen LogP contribution in [0.5, 0.6) is 0 Å². The summed E-state index contributed by atoms with van der Waals surface area (Å²) in [5.74, 6) is 0. The van der Waals surface area contributed by atoms with Crippen LogP contribution in [-0.2, 0) is 4.74 Å². The van der Waals surface area contributed by atoms with Crippen LogP contribution in [0.2, 0.25) is 0 Å². The van der Waals surface area contributed by atoms with Gasteiger partial charge in [-0.15, -0.1) is 4.99 Å². The lowest BCUT2D eigenvalue weighted by atomic mass is 9.98. The summed E-state index contributed by atoms with van der Waals surface area (Å²) in [7, 11) is 0. The average Bonchev–Trinajstić information content (AvgIpc) is 2.31. The van der Waals surface area contributed by atoms with Crippen molar-refractivity contribution in [2.75, 3.05) is 12.5 Å². The van der Waals surface area contributed by atoms with Crippen molar-refractivity contribution in [3.63, 3.8) is 0 Å². The molecule has 1 aliphatic carbocycles. The van der Waals surface area contributed by atoms with E-state index in [1.54, 1.807) is 0 Å². The molecule has 1 aliphatic rings. The molecular formula is C10H19N3O2S2. The Bertz CT molecular complexity index is 277. The molecule has 0 aromatic carbocycles. The fourth-order valence-corrected chi connectivity index (χ4v) is 2.74. The number of nitrogens with two attached hydrogens (primary N) is 1. The molecule has 0 heterocycles. The molecule has 0 spiro atoms. The van der Waals surface area contributed by atoms with E-state index in [-0.39, 0.29) is 12.1 Å². The van der Waals surface area contributed by atoms with Gasteiger partial charge in [0, 0.05) is 12.5 Å². The Hall–Kier alpha value is -0.560. The second kappa shape index (κ2) is 7.71. The van der Waals surface area contributed by atoms with Crippen molar-refractivity contribution >= 4 is 35.9 Å². The van der Waals surface area contributed by atoms with Crippen molar-refractivity contribution in [3.8, 4) is 0 Å². The summed E-state index contributed by atoms with van der Waals surface area (Å²) in [5.41, 5.74) is 5.61. The largest absolute Gasteiger partial charge is 0.462 e. The van der Waals surface area contributed by atoms with Crippen LogP contribution in [0, 0.1) is 0 Å². The van der Waals surface area contributed by atoms with Crippen molar-refractivity contribution in [3.05, 3.63) is 0 Å². The highest BCUT2D eigenvalue weighted by molar-refractivity contribution is 8.12. The van der Waals surface area contributed by atoms with E-state index in [0.717, 1.165) is 25.7 Å². The van der Waals surface area contributed by atoms with Crippen molar-refractivity contribution in [1.29, 1.82) is 0 Å². The maximum absolute atomic E-state index is 11.6. The van der Waals surface area contributed by atoms with Crippen LogP contribution < -0.4 is 5.73 Å². The Morgan fingerprint density at radius 2 is 1.88 bits per heavy atom. The van der Waals surface area contributed by atoms with Crippen molar-refractivity contribution in [1.82, 2.24) is 3.71 Å². The number of carbonyl (C=O) groups excluding carboxylic acids is 1. The Kier molecular flexibility index (Phi) is 6.57. The highest BCUT2D eigenvalue weighted by atomic mass is 32.2. The molecule has 1 saturated carbocycles. The number of amidine groups is 1. The van der Waals surface area contributed by atoms with Gasteiger partial charge in [-0.05, 0) is 49.6 Å². The van der Waals surface area contributed by atoms with Gasteiger partial charge in [-0.1, -0.05) is 6.42 Å². The molecular weight excluding hydrogens is 258 g/mol. The Balaban J connectivity index is 2.44. The van der Waals surface area contributed by atoms with Crippen LogP contribution in [0.1, 0.15) is 32.1 Å². The third-order valence-corrected chi connectivity index (χ3v) is 4.40. The summed E-state index contributed by atoms with van der Waals surface area (Å²) in [6, 6.07) is -0.409. The molecule has 17 heavy (non-hydrogen) atoms. The van der Waals surface area contributed by atoms with Crippen LogP contribution in [0.15, 0.2) is 4.99 Å². The molecule has 0 unspecified atom stereocenters. The molecule has 5 nitrogen and oxygen atoms in total. The smallest absolute Gasteiger partial charge is 0.368 e. The maximum atomic E-state index is 11.6. The molecule has 0 bridgehead atoms. The van der Waals surface area contributed by atoms with E-state index in [1.807, 2.05) is 12.5 Å². The zero-order valence-corrected chi connectivity index (χ0v) is 11.9. The summed E-state index contributed by atoms with van der Waals surface area (Å²) in [6.45, 7) is 0. The van der Waals surface area contributed by atoms with Crippen molar-refractivity contribution in [2.45, 2.75) is 38.2 Å². The van der Waals surface area contributed by atoms with Gasteiger partial charge in [-0.3, -0.25) is 0 Å². The lowest BCUT2D eigenvalue weighted by Crippen LogP contribution is -2.28. The van der Waals surface area contributed by atoms with E-state index in [0.29, 0.717) is 0 Å². The molecule has 0 aromatic heterocycles. The monoisotopic (exact) mass is 277 g/mol. The first-order chi connectivity index (χ1) is 8.17. The zero-order chi connectivity index (χ0) is 12.7. The van der Waals surface area contributed by atoms with E-state index in [1.165, 1.54) is 34.0 Å². The summed E-state index contributed by atoms with van der Waals surface area (Å²) in [4.78, 5) is 15.3. The van der Waals surface area contributed by atoms with Gasteiger partial charge in [0.15, 0.2) is 0 Å². The van der Waals surface area contributed by atoms with Crippen LogP contribution in [0.25, 0.3) is 0 Å². The van der Waals surface area contributed by atoms with Gasteiger partial charge in [-0.25, -0.2) is 8.51 Å². The number of amides is 2. The highest BCUT2D eigenvalue weighted by Crippen LogP contribution is 2.21. The minimum absolute atomic E-state index is 0.0185. The normalized spacial score (nSPS) is 17.9. The molecule has 0 atom stereocenters. The quantitative estimate of drug-likeness (QED) is 0.488. The first-order valence-corrected chi connectivity index (χ1v) is 7.96. The lowest BCUT2D eigenvalue weighted by Gasteiger charge is -2.22. The third kappa shape index (κ3) is 5.08. The van der Waals surface area contributed by atoms with Crippen LogP contribution in [0.4, 0.5) is 4.79 Å². The second-order valence-electron chi connectivity index (χ2n) is 3.73. The summed E-state index contributed by atoms with van der Waals surface area (Å²) < 4.78 is 6.90. The lowest BCUT2D eigenvalue weighted by molar-refractivity contribution is 0.140. The average molecular weight is 277 g/mol. The van der Waals surface area contributed by atoms with Gasteiger partial charge in [0.1, 0.15) is 6.10 Å². The fraction of sp³-hybridized carbons (Fsp3) is 0.800. The van der Waals surface area contributed by atoms with Gasteiger partial charge in [-0.2, -0.15) is 0 Å². The van der Waals surface area contributed by atoms with Crippen molar-refractivity contribution in [2.24, 2.45) is 10.7 Å². The molecule has 2 amide bonds. The van der Waals surface area contributed by atoms with Gasteiger partial charge in [0.2, 0.25) is 0 Å². The number of ether oxygens (including phenoxy) is 1. The first-order valence-electron chi connectivity index (χ1n) is 5.60. The molecule has 7 heteroatoms. The number of urea groups is 1. The summed E-state index contributed by atoms with van der Waals surface area (Å²) in [5, 5.41) is 0. The predicted molar refractivity (Wildman–Crippen MR) is 73.8 cm³/mol. The zero-order valence-electron chi connectivity index (χ0n) is 10.2. The number of nitrogens with zero attached hydrogens (tertiary/aromatic N) is 2. The van der Waals surface area contributed by atoms with E-state index in [2.05, 4.69) is 4.99 Å². The van der Waals surface area contributed by atoms with Gasteiger partial charge < -0.3 is 10.5 Å². The molecule has 0 saturated heterocycles. The molecule has 0 aliphatic heterocycles. The van der Waals surface area contributed by atoms with Gasteiger partial charge >= 0.3 is 6.03 Å². The molecule has 1 rings (SSSR count). The van der Waals surface area contributed by atoms with E-state index in [4.69, 9.17) is 10.5 Å². The SMILES string of the molecule is CSN(SC)C(=O)/N=C(\N)OC1CCCCC1. The molecule has 1 fully saturated rings. The molecule has 98 valence electrons. The Morgan fingerprint density at radius 1 is 1.29 bits per heavy atom. The van der Waals surface area contributed by atoms with Crippen LogP contribution in [-0.4, -0.2) is 34.4 Å². The van der Waals surface area contributed by atoms with E-state index < -0.39 is 6.03 Å². The van der Waals surface area contributed by atoms with Crippen LogP contribution in [0.3, 0.4) is 0 Å². The predicted octanol–water partition coefficient (Wildman–Crippen LogP) is 2.63.